The first kappa shape index (κ1) is 21.9. The predicted octanol–water partition coefficient (Wildman–Crippen LogP) is 5.03. The lowest BCUT2D eigenvalue weighted by Gasteiger charge is -2.39. The molecule has 1 unspecified atom stereocenters. The molecule has 0 radical (unpaired) electrons. The van der Waals surface area contributed by atoms with Crippen LogP contribution >= 0.6 is 0 Å². The van der Waals surface area contributed by atoms with E-state index in [9.17, 15) is 0 Å². The Morgan fingerprint density at radius 1 is 0.781 bits per heavy atom. The van der Waals surface area contributed by atoms with Crippen LogP contribution in [0.4, 0.5) is 5.69 Å². The maximum absolute atomic E-state index is 6.25. The van der Waals surface area contributed by atoms with Gasteiger partial charge in [0.15, 0.2) is 29.2 Å². The number of benzene rings is 3. The summed E-state index contributed by atoms with van der Waals surface area (Å²) in [5.41, 5.74) is 3.82. The van der Waals surface area contributed by atoms with E-state index in [1.54, 1.807) is 35.5 Å². The fourth-order valence-electron chi connectivity index (χ4n) is 4.55. The van der Waals surface area contributed by atoms with Gasteiger partial charge in [0.2, 0.25) is 0 Å². The first-order valence-corrected chi connectivity index (χ1v) is 10.4. The van der Waals surface area contributed by atoms with Crippen molar-refractivity contribution in [2.75, 3.05) is 54.1 Å². The second kappa shape index (κ2) is 8.67. The fourth-order valence-corrected chi connectivity index (χ4v) is 4.55. The third-order valence-corrected chi connectivity index (χ3v) is 5.93. The molecule has 3 aromatic rings. The third-order valence-electron chi connectivity index (χ3n) is 5.93. The summed E-state index contributed by atoms with van der Waals surface area (Å²) in [4.78, 5) is 2.12. The van der Waals surface area contributed by atoms with Gasteiger partial charge >= 0.3 is 0 Å². The van der Waals surface area contributed by atoms with E-state index in [2.05, 4.69) is 17.0 Å². The highest BCUT2D eigenvalue weighted by atomic mass is 16.5. The molecule has 170 valence electrons. The number of hydrogen-bond donors (Lipinski definition) is 0. The van der Waals surface area contributed by atoms with E-state index >= 15 is 0 Å². The molecule has 1 aliphatic heterocycles. The summed E-state index contributed by atoms with van der Waals surface area (Å²) >= 11 is 0. The minimum absolute atomic E-state index is 0.403. The Bertz CT molecular complexity index is 1160. The average molecular weight is 440 g/mol. The number of nitrogens with zero attached hydrogens (tertiary/aromatic N) is 1. The molecule has 0 fully saturated rings. The van der Waals surface area contributed by atoms with Crippen molar-refractivity contribution in [2.45, 2.75) is 13.2 Å². The quantitative estimate of drug-likeness (QED) is 0.511. The highest BCUT2D eigenvalue weighted by Crippen LogP contribution is 2.56. The van der Waals surface area contributed by atoms with Crippen molar-refractivity contribution in [2.24, 2.45) is 0 Å². The van der Waals surface area contributed by atoms with Gasteiger partial charge in [0, 0.05) is 36.2 Å². The monoisotopic (exact) mass is 439 g/mol. The van der Waals surface area contributed by atoms with Crippen LogP contribution in [0.15, 0.2) is 30.3 Å². The summed E-state index contributed by atoms with van der Waals surface area (Å²) in [6.45, 7) is 2.50. The van der Waals surface area contributed by atoms with Crippen LogP contribution in [0.1, 0.15) is 18.7 Å². The first-order chi connectivity index (χ1) is 15.5. The summed E-state index contributed by atoms with van der Waals surface area (Å²) < 4.78 is 34.6. The maximum atomic E-state index is 6.25. The van der Waals surface area contributed by atoms with Crippen LogP contribution in [0.2, 0.25) is 0 Å². The van der Waals surface area contributed by atoms with Crippen molar-refractivity contribution in [1.29, 1.82) is 0 Å². The van der Waals surface area contributed by atoms with E-state index in [4.69, 9.17) is 28.4 Å². The number of methoxy groups -OCH3 is 5. The fraction of sp³-hybridized carbons (Fsp3) is 0.360. The summed E-state index contributed by atoms with van der Waals surface area (Å²) in [6.07, 6.45) is -0.403. The molecular weight excluding hydrogens is 410 g/mol. The minimum Gasteiger partial charge on any atom is -0.496 e. The summed E-state index contributed by atoms with van der Waals surface area (Å²) in [7, 11) is 10.2. The number of ether oxygens (including phenoxy) is 6. The Labute approximate surface area is 188 Å². The van der Waals surface area contributed by atoms with Gasteiger partial charge in [0.1, 0.15) is 5.75 Å². The second-order valence-corrected chi connectivity index (χ2v) is 7.41. The van der Waals surface area contributed by atoms with Crippen LogP contribution < -0.4 is 28.6 Å². The topological polar surface area (TPSA) is 58.6 Å². The Hall–Kier alpha value is -3.32. The van der Waals surface area contributed by atoms with E-state index in [-0.39, 0.29) is 0 Å². The zero-order chi connectivity index (χ0) is 23.0. The van der Waals surface area contributed by atoms with Crippen molar-refractivity contribution in [3.8, 4) is 39.9 Å². The lowest BCUT2D eigenvalue weighted by Crippen LogP contribution is -2.31. The van der Waals surface area contributed by atoms with Crippen molar-refractivity contribution in [3.63, 3.8) is 0 Å². The van der Waals surface area contributed by atoms with Gasteiger partial charge in [0.05, 0.1) is 46.8 Å². The van der Waals surface area contributed by atoms with Gasteiger partial charge in [0.25, 0.3) is 0 Å². The summed E-state index contributed by atoms with van der Waals surface area (Å²) in [6, 6.07) is 10.0. The van der Waals surface area contributed by atoms with Crippen LogP contribution in [0.5, 0.6) is 28.7 Å². The van der Waals surface area contributed by atoms with Gasteiger partial charge in [-0.25, -0.2) is 0 Å². The van der Waals surface area contributed by atoms with Gasteiger partial charge in [-0.3, -0.25) is 0 Å². The molecule has 3 aromatic carbocycles. The van der Waals surface area contributed by atoms with Crippen molar-refractivity contribution in [1.82, 2.24) is 0 Å². The molecule has 1 heterocycles. The van der Waals surface area contributed by atoms with E-state index in [1.807, 2.05) is 32.2 Å². The van der Waals surface area contributed by atoms with Gasteiger partial charge < -0.3 is 33.3 Å². The molecule has 7 nitrogen and oxygen atoms in total. The van der Waals surface area contributed by atoms with Crippen LogP contribution in [-0.2, 0) is 4.74 Å². The van der Waals surface area contributed by atoms with E-state index in [1.165, 1.54) is 0 Å². The average Bonchev–Trinajstić information content (AvgIpc) is 2.83. The number of fused-ring (bicyclic) bond motifs is 5. The van der Waals surface area contributed by atoms with Gasteiger partial charge in [-0.1, -0.05) is 12.1 Å². The zero-order valence-electron chi connectivity index (χ0n) is 19.6. The molecule has 1 aliphatic rings. The molecule has 0 aliphatic carbocycles. The molecule has 1 atom stereocenters. The second-order valence-electron chi connectivity index (χ2n) is 7.41. The van der Waals surface area contributed by atoms with E-state index < -0.39 is 6.23 Å². The SMILES string of the molecule is CCOC1c2c(OC)c(OC)cc(OC)c2-c2ccc3cc(OC)c(OC)cc3c2N1C. The smallest absolute Gasteiger partial charge is 0.169 e. The normalized spacial score (nSPS) is 14.6. The largest absolute Gasteiger partial charge is 0.496 e. The van der Waals surface area contributed by atoms with Crippen LogP contribution in [0, 0.1) is 0 Å². The standard InChI is InChI=1S/C25H29NO6/c1-8-32-25-22-21(19(29-5)13-20(30-6)24(22)31-7)15-10-9-14-11-17(27-3)18(28-4)12-16(14)23(15)26(25)2/h9-13,25H,8H2,1-7H3. The van der Waals surface area contributed by atoms with Gasteiger partial charge in [-0.05, 0) is 24.4 Å². The first-order valence-electron chi connectivity index (χ1n) is 10.4. The Balaban J connectivity index is 2.14. The number of anilines is 1. The molecule has 7 heteroatoms. The van der Waals surface area contributed by atoms with Crippen LogP contribution in [0.25, 0.3) is 21.9 Å². The number of hydrogen-bond acceptors (Lipinski definition) is 7. The highest BCUT2D eigenvalue weighted by Gasteiger charge is 2.37. The predicted molar refractivity (Wildman–Crippen MR) is 125 cm³/mol. The Morgan fingerprint density at radius 2 is 1.44 bits per heavy atom. The van der Waals surface area contributed by atoms with Crippen molar-refractivity contribution < 1.29 is 28.4 Å². The van der Waals surface area contributed by atoms with E-state index in [0.29, 0.717) is 35.4 Å². The molecule has 0 saturated heterocycles. The van der Waals surface area contributed by atoms with E-state index in [0.717, 1.165) is 33.2 Å². The summed E-state index contributed by atoms with van der Waals surface area (Å²) in [5.74, 6) is 3.27. The zero-order valence-corrected chi connectivity index (χ0v) is 19.6. The van der Waals surface area contributed by atoms with Gasteiger partial charge in [-0.15, -0.1) is 0 Å². The lowest BCUT2D eigenvalue weighted by molar-refractivity contribution is 0.0606. The van der Waals surface area contributed by atoms with Crippen molar-refractivity contribution in [3.05, 3.63) is 35.9 Å². The minimum atomic E-state index is -0.403. The molecule has 0 saturated carbocycles. The lowest BCUT2D eigenvalue weighted by atomic mass is 9.88. The van der Waals surface area contributed by atoms with Crippen LogP contribution in [0.3, 0.4) is 0 Å². The molecule has 0 bridgehead atoms. The Kier molecular flexibility index (Phi) is 5.93. The molecule has 0 aromatic heterocycles. The molecule has 4 rings (SSSR count). The summed E-state index contributed by atoms with van der Waals surface area (Å²) in [5, 5.41) is 2.06. The molecule has 0 amide bonds. The van der Waals surface area contributed by atoms with Crippen LogP contribution in [-0.4, -0.2) is 49.2 Å². The maximum Gasteiger partial charge on any atom is 0.169 e. The molecule has 0 N–H and O–H groups in total. The van der Waals surface area contributed by atoms with Crippen molar-refractivity contribution >= 4 is 16.5 Å². The molecule has 32 heavy (non-hydrogen) atoms. The third kappa shape index (κ3) is 3.15. The Morgan fingerprint density at radius 3 is 2.03 bits per heavy atom. The molecular formula is C25H29NO6. The number of rotatable bonds is 7. The highest BCUT2D eigenvalue weighted by molar-refractivity contribution is 6.06. The van der Waals surface area contributed by atoms with Gasteiger partial charge in [-0.2, -0.15) is 0 Å². The molecule has 0 spiro atoms.